The number of ketones is 2. The zero-order valence-electron chi connectivity index (χ0n) is 13.0. The van der Waals surface area contributed by atoms with Crippen molar-refractivity contribution in [1.82, 2.24) is 0 Å². The molecule has 122 valence electrons. The Bertz CT molecular complexity index is 1060. The molecule has 0 spiro atoms. The molecular formula is C20H12O5. The first kappa shape index (κ1) is 15.1. The minimum absolute atomic E-state index is 0.222. The number of carboxylic acid groups (broad SMARTS) is 1. The van der Waals surface area contributed by atoms with Gasteiger partial charge in [0, 0.05) is 22.3 Å². The van der Waals surface area contributed by atoms with Crippen LogP contribution in [0.15, 0.2) is 54.6 Å². The average Bonchev–Trinajstić information content (AvgIpc) is 2.63. The van der Waals surface area contributed by atoms with Crippen LogP contribution in [0, 0.1) is 0 Å². The minimum Gasteiger partial charge on any atom is -0.482 e. The van der Waals surface area contributed by atoms with Gasteiger partial charge in [0.05, 0.1) is 0 Å². The van der Waals surface area contributed by atoms with E-state index in [2.05, 4.69) is 0 Å². The molecule has 0 heterocycles. The third-order valence-corrected chi connectivity index (χ3v) is 4.22. The molecule has 5 heteroatoms. The van der Waals surface area contributed by atoms with Crippen LogP contribution in [0.2, 0.25) is 0 Å². The Morgan fingerprint density at radius 1 is 0.800 bits per heavy atom. The lowest BCUT2D eigenvalue weighted by atomic mass is 9.82. The maximum absolute atomic E-state index is 12.9. The maximum Gasteiger partial charge on any atom is 0.341 e. The van der Waals surface area contributed by atoms with Crippen molar-refractivity contribution in [3.63, 3.8) is 0 Å². The molecule has 0 unspecified atom stereocenters. The highest BCUT2D eigenvalue weighted by atomic mass is 16.5. The lowest BCUT2D eigenvalue weighted by Crippen LogP contribution is -2.21. The van der Waals surface area contributed by atoms with E-state index in [1.54, 1.807) is 12.1 Å². The smallest absolute Gasteiger partial charge is 0.341 e. The lowest BCUT2D eigenvalue weighted by molar-refractivity contribution is -0.139. The Kier molecular flexibility index (Phi) is 3.35. The van der Waals surface area contributed by atoms with Crippen molar-refractivity contribution in [3.8, 4) is 5.75 Å². The molecule has 1 aliphatic rings. The molecule has 0 bridgehead atoms. The van der Waals surface area contributed by atoms with E-state index in [-0.39, 0.29) is 22.9 Å². The Morgan fingerprint density at radius 2 is 1.36 bits per heavy atom. The van der Waals surface area contributed by atoms with Gasteiger partial charge in [-0.15, -0.1) is 0 Å². The van der Waals surface area contributed by atoms with Crippen LogP contribution in [0.1, 0.15) is 31.8 Å². The van der Waals surface area contributed by atoms with Crippen LogP contribution in [0.4, 0.5) is 0 Å². The van der Waals surface area contributed by atoms with Gasteiger partial charge in [-0.25, -0.2) is 4.79 Å². The van der Waals surface area contributed by atoms with Gasteiger partial charge in [-0.1, -0.05) is 24.3 Å². The standard InChI is InChI=1S/C20H12O5/c21-18(22)10-25-13-5-6-14-17(9-13)20(24)16-8-12-4-2-1-3-11(12)7-15(16)19(14)23/h1-9H,10H2,(H,21,22). The fourth-order valence-corrected chi connectivity index (χ4v) is 3.05. The largest absolute Gasteiger partial charge is 0.482 e. The van der Waals surface area contributed by atoms with Gasteiger partial charge in [0.15, 0.2) is 18.2 Å². The fraction of sp³-hybridized carbons (Fsp3) is 0.0500. The zero-order chi connectivity index (χ0) is 17.6. The molecule has 4 rings (SSSR count). The maximum atomic E-state index is 12.9. The van der Waals surface area contributed by atoms with Gasteiger partial charge in [0.2, 0.25) is 0 Å². The first-order valence-corrected chi connectivity index (χ1v) is 7.65. The molecule has 0 amide bonds. The van der Waals surface area contributed by atoms with Gasteiger partial charge in [-0.2, -0.15) is 0 Å². The molecule has 0 aliphatic heterocycles. The van der Waals surface area contributed by atoms with Crippen LogP contribution in [-0.4, -0.2) is 29.2 Å². The number of fused-ring (bicyclic) bond motifs is 3. The Hall–Kier alpha value is -3.47. The van der Waals surface area contributed by atoms with E-state index < -0.39 is 12.6 Å². The predicted octanol–water partition coefficient (Wildman–Crippen LogP) is 3.08. The topological polar surface area (TPSA) is 80.7 Å². The van der Waals surface area contributed by atoms with E-state index in [9.17, 15) is 14.4 Å². The molecule has 0 aromatic heterocycles. The van der Waals surface area contributed by atoms with Crippen molar-refractivity contribution in [2.75, 3.05) is 6.61 Å². The van der Waals surface area contributed by atoms with E-state index in [0.29, 0.717) is 16.7 Å². The van der Waals surface area contributed by atoms with E-state index in [4.69, 9.17) is 9.84 Å². The summed E-state index contributed by atoms with van der Waals surface area (Å²) in [7, 11) is 0. The molecule has 25 heavy (non-hydrogen) atoms. The van der Waals surface area contributed by atoms with Crippen molar-refractivity contribution in [2.45, 2.75) is 0 Å². The second-order valence-corrected chi connectivity index (χ2v) is 5.79. The summed E-state index contributed by atoms with van der Waals surface area (Å²) < 4.78 is 5.11. The molecule has 0 radical (unpaired) electrons. The Labute approximate surface area is 142 Å². The summed E-state index contributed by atoms with van der Waals surface area (Å²) >= 11 is 0. The van der Waals surface area contributed by atoms with Gasteiger partial charge >= 0.3 is 5.97 Å². The number of aliphatic carboxylic acids is 1. The zero-order valence-corrected chi connectivity index (χ0v) is 13.0. The molecule has 3 aromatic rings. The van der Waals surface area contributed by atoms with E-state index in [1.165, 1.54) is 18.2 Å². The lowest BCUT2D eigenvalue weighted by Gasteiger charge is -2.19. The monoisotopic (exact) mass is 332 g/mol. The third-order valence-electron chi connectivity index (χ3n) is 4.22. The summed E-state index contributed by atoms with van der Waals surface area (Å²) in [4.78, 5) is 36.3. The SMILES string of the molecule is O=C(O)COc1ccc2c(c1)C(=O)c1cc3ccccc3cc1C2=O. The van der Waals surface area contributed by atoms with Gasteiger partial charge in [-0.3, -0.25) is 9.59 Å². The Morgan fingerprint density at radius 3 is 1.96 bits per heavy atom. The highest BCUT2D eigenvalue weighted by Crippen LogP contribution is 2.32. The van der Waals surface area contributed by atoms with E-state index in [0.717, 1.165) is 10.8 Å². The van der Waals surface area contributed by atoms with Crippen molar-refractivity contribution in [1.29, 1.82) is 0 Å². The number of carboxylic acids is 1. The predicted molar refractivity (Wildman–Crippen MR) is 90.4 cm³/mol. The second kappa shape index (κ2) is 5.56. The number of benzene rings is 3. The number of hydrogen-bond donors (Lipinski definition) is 1. The van der Waals surface area contributed by atoms with Crippen LogP contribution < -0.4 is 4.74 Å². The van der Waals surface area contributed by atoms with Crippen molar-refractivity contribution < 1.29 is 24.2 Å². The van der Waals surface area contributed by atoms with Crippen LogP contribution >= 0.6 is 0 Å². The van der Waals surface area contributed by atoms with Gasteiger partial charge in [0.1, 0.15) is 5.75 Å². The van der Waals surface area contributed by atoms with E-state index in [1.807, 2.05) is 24.3 Å². The summed E-state index contributed by atoms with van der Waals surface area (Å²) in [5.74, 6) is -1.36. The molecule has 0 saturated heterocycles. The number of hydrogen-bond acceptors (Lipinski definition) is 4. The number of carbonyl (C=O) groups excluding carboxylic acids is 2. The molecule has 3 aromatic carbocycles. The van der Waals surface area contributed by atoms with Crippen molar-refractivity contribution in [2.24, 2.45) is 0 Å². The van der Waals surface area contributed by atoms with Gasteiger partial charge in [-0.05, 0) is 41.1 Å². The van der Waals surface area contributed by atoms with Crippen LogP contribution in [0.5, 0.6) is 5.75 Å². The molecule has 1 aliphatic carbocycles. The molecule has 5 nitrogen and oxygen atoms in total. The third kappa shape index (κ3) is 2.46. The molecular weight excluding hydrogens is 320 g/mol. The highest BCUT2D eigenvalue weighted by molar-refractivity contribution is 6.29. The normalized spacial score (nSPS) is 12.6. The molecule has 0 fully saturated rings. The van der Waals surface area contributed by atoms with E-state index >= 15 is 0 Å². The fourth-order valence-electron chi connectivity index (χ4n) is 3.05. The Balaban J connectivity index is 1.83. The van der Waals surface area contributed by atoms with Gasteiger partial charge in [0.25, 0.3) is 0 Å². The number of carbonyl (C=O) groups is 3. The summed E-state index contributed by atoms with van der Waals surface area (Å²) in [6, 6.07) is 15.4. The molecule has 0 saturated carbocycles. The van der Waals surface area contributed by atoms with Crippen LogP contribution in [0.25, 0.3) is 10.8 Å². The summed E-state index contributed by atoms with van der Waals surface area (Å²) in [5.41, 5.74) is 1.27. The summed E-state index contributed by atoms with van der Waals surface area (Å²) in [6.45, 7) is -0.512. The number of ether oxygens (including phenoxy) is 1. The van der Waals surface area contributed by atoms with Crippen molar-refractivity contribution in [3.05, 3.63) is 76.9 Å². The quantitative estimate of drug-likeness (QED) is 0.623. The number of rotatable bonds is 3. The molecule has 0 atom stereocenters. The van der Waals surface area contributed by atoms with Crippen molar-refractivity contribution >= 4 is 28.3 Å². The summed E-state index contributed by atoms with van der Waals surface area (Å²) in [6.07, 6.45) is 0. The molecule has 1 N–H and O–H groups in total. The second-order valence-electron chi connectivity index (χ2n) is 5.79. The average molecular weight is 332 g/mol. The first-order valence-electron chi connectivity index (χ1n) is 7.65. The minimum atomic E-state index is -1.11. The van der Waals surface area contributed by atoms with Crippen LogP contribution in [0.3, 0.4) is 0 Å². The first-order chi connectivity index (χ1) is 12.0. The van der Waals surface area contributed by atoms with Crippen LogP contribution in [-0.2, 0) is 4.79 Å². The highest BCUT2D eigenvalue weighted by Gasteiger charge is 2.30. The summed E-state index contributed by atoms with van der Waals surface area (Å²) in [5, 5.41) is 10.5. The van der Waals surface area contributed by atoms with Gasteiger partial charge < -0.3 is 9.84 Å².